The van der Waals surface area contributed by atoms with E-state index in [-0.39, 0.29) is 12.5 Å². The van der Waals surface area contributed by atoms with Gasteiger partial charge in [-0.1, -0.05) is 24.3 Å². The van der Waals surface area contributed by atoms with Crippen LogP contribution in [0.15, 0.2) is 64.8 Å². The summed E-state index contributed by atoms with van der Waals surface area (Å²) < 4.78 is 0. The molecule has 2 rings (SSSR count). The number of aliphatic hydroxyl groups excluding tert-OH is 2. The summed E-state index contributed by atoms with van der Waals surface area (Å²) in [5, 5.41) is 29.4. The van der Waals surface area contributed by atoms with E-state index in [1.54, 1.807) is 24.3 Å². The van der Waals surface area contributed by atoms with Crippen molar-refractivity contribution in [3.05, 3.63) is 60.2 Å². The summed E-state index contributed by atoms with van der Waals surface area (Å²) in [6.45, 7) is 1.17. The first-order valence-corrected chi connectivity index (χ1v) is 7.27. The Morgan fingerprint density at radius 2 is 1.74 bits per heavy atom. The van der Waals surface area contributed by atoms with Gasteiger partial charge in [0.2, 0.25) is 0 Å². The molecule has 23 heavy (non-hydrogen) atoms. The van der Waals surface area contributed by atoms with E-state index in [0.29, 0.717) is 11.3 Å². The molecule has 0 radical (unpaired) electrons. The van der Waals surface area contributed by atoms with Crippen LogP contribution in [0.4, 0.5) is 11.4 Å². The summed E-state index contributed by atoms with van der Waals surface area (Å²) in [7, 11) is 0. The van der Waals surface area contributed by atoms with Gasteiger partial charge in [-0.25, -0.2) is 0 Å². The number of hydrogen-bond acceptors (Lipinski definition) is 5. The van der Waals surface area contributed by atoms with Crippen LogP contribution in [0.2, 0.25) is 0 Å². The SMILES string of the molecule is C[C@H](O)[C@H](CO)NC(=O)c1cccc(/N=N/c2ccccc2)c1. The van der Waals surface area contributed by atoms with Crippen molar-refractivity contribution < 1.29 is 15.0 Å². The average Bonchev–Trinajstić information content (AvgIpc) is 2.58. The van der Waals surface area contributed by atoms with Gasteiger partial charge in [0.1, 0.15) is 0 Å². The van der Waals surface area contributed by atoms with Crippen LogP contribution in [0.25, 0.3) is 0 Å². The van der Waals surface area contributed by atoms with Gasteiger partial charge in [0.25, 0.3) is 5.91 Å². The normalized spacial score (nSPS) is 13.7. The fraction of sp³-hybridized carbons (Fsp3) is 0.235. The maximum Gasteiger partial charge on any atom is 0.251 e. The topological polar surface area (TPSA) is 94.3 Å². The fourth-order valence-corrected chi connectivity index (χ4v) is 1.89. The first-order chi connectivity index (χ1) is 11.1. The van der Waals surface area contributed by atoms with Crippen LogP contribution in [0.3, 0.4) is 0 Å². The van der Waals surface area contributed by atoms with E-state index in [1.165, 1.54) is 6.92 Å². The van der Waals surface area contributed by atoms with Gasteiger partial charge < -0.3 is 15.5 Å². The molecule has 120 valence electrons. The lowest BCUT2D eigenvalue weighted by Gasteiger charge is -2.18. The maximum absolute atomic E-state index is 12.1. The van der Waals surface area contributed by atoms with Gasteiger partial charge in [-0.15, -0.1) is 0 Å². The van der Waals surface area contributed by atoms with Gasteiger partial charge in [-0.05, 0) is 37.3 Å². The quantitative estimate of drug-likeness (QED) is 0.715. The molecule has 0 spiro atoms. The molecule has 0 fully saturated rings. The molecule has 0 aliphatic heterocycles. The molecule has 3 N–H and O–H groups in total. The number of hydrogen-bond donors (Lipinski definition) is 3. The molecule has 0 saturated carbocycles. The number of carbonyl (C=O) groups excluding carboxylic acids is 1. The minimum Gasteiger partial charge on any atom is -0.394 e. The van der Waals surface area contributed by atoms with Crippen molar-refractivity contribution >= 4 is 17.3 Å². The zero-order valence-corrected chi connectivity index (χ0v) is 12.8. The third-order valence-corrected chi connectivity index (χ3v) is 3.24. The van der Waals surface area contributed by atoms with Crippen LogP contribution in [0, 0.1) is 0 Å². The summed E-state index contributed by atoms with van der Waals surface area (Å²) in [4.78, 5) is 12.1. The molecule has 1 amide bonds. The van der Waals surface area contributed by atoms with E-state index < -0.39 is 12.1 Å². The van der Waals surface area contributed by atoms with E-state index in [2.05, 4.69) is 15.5 Å². The third-order valence-electron chi connectivity index (χ3n) is 3.24. The van der Waals surface area contributed by atoms with E-state index in [0.717, 1.165) is 5.69 Å². The molecular weight excluding hydrogens is 294 g/mol. The standard InChI is InChI=1S/C17H19N3O3/c1-12(22)16(11-21)18-17(23)13-6-5-9-15(10-13)20-19-14-7-3-2-4-8-14/h2-10,12,16,21-22H,11H2,1H3,(H,18,23)/b20-19+/t12-,16-/m0/s1. The Balaban J connectivity index is 2.10. The smallest absolute Gasteiger partial charge is 0.251 e. The van der Waals surface area contributed by atoms with E-state index in [1.807, 2.05) is 30.3 Å². The van der Waals surface area contributed by atoms with E-state index in [9.17, 15) is 9.90 Å². The van der Waals surface area contributed by atoms with Gasteiger partial charge in [-0.2, -0.15) is 10.2 Å². The van der Waals surface area contributed by atoms with Crippen LogP contribution in [0.1, 0.15) is 17.3 Å². The van der Waals surface area contributed by atoms with Crippen molar-refractivity contribution in [2.24, 2.45) is 10.2 Å². The Bertz CT molecular complexity index is 672. The van der Waals surface area contributed by atoms with E-state index in [4.69, 9.17) is 5.11 Å². The molecule has 2 aromatic carbocycles. The molecule has 0 bridgehead atoms. The number of benzene rings is 2. The number of rotatable bonds is 6. The summed E-state index contributed by atoms with van der Waals surface area (Å²) in [6, 6.07) is 15.2. The lowest BCUT2D eigenvalue weighted by Crippen LogP contribution is -2.44. The molecule has 0 aliphatic rings. The third kappa shape index (κ3) is 4.98. The molecule has 0 aromatic heterocycles. The molecule has 2 aromatic rings. The number of azo groups is 1. The molecule has 2 atom stereocenters. The lowest BCUT2D eigenvalue weighted by molar-refractivity contribution is 0.0758. The van der Waals surface area contributed by atoms with Crippen molar-refractivity contribution in [1.29, 1.82) is 0 Å². The van der Waals surface area contributed by atoms with Crippen molar-refractivity contribution in [2.45, 2.75) is 19.1 Å². The number of nitrogens with zero attached hydrogens (tertiary/aromatic N) is 2. The van der Waals surface area contributed by atoms with Gasteiger partial charge in [0.15, 0.2) is 0 Å². The van der Waals surface area contributed by atoms with Crippen molar-refractivity contribution in [1.82, 2.24) is 5.32 Å². The number of aliphatic hydroxyl groups is 2. The number of amides is 1. The number of carbonyl (C=O) groups is 1. The summed E-state index contributed by atoms with van der Waals surface area (Å²) in [5.41, 5.74) is 1.64. The Kier molecular flexibility index (Phi) is 5.96. The highest BCUT2D eigenvalue weighted by atomic mass is 16.3. The lowest BCUT2D eigenvalue weighted by atomic mass is 10.1. The Hall–Kier alpha value is -2.57. The zero-order valence-electron chi connectivity index (χ0n) is 12.8. The highest BCUT2D eigenvalue weighted by Gasteiger charge is 2.17. The van der Waals surface area contributed by atoms with Crippen LogP contribution < -0.4 is 5.32 Å². The molecule has 0 aliphatic carbocycles. The molecule has 0 heterocycles. The molecular formula is C17H19N3O3. The zero-order chi connectivity index (χ0) is 16.7. The van der Waals surface area contributed by atoms with Crippen LogP contribution in [-0.2, 0) is 0 Å². The minimum absolute atomic E-state index is 0.336. The van der Waals surface area contributed by atoms with Crippen molar-refractivity contribution in [2.75, 3.05) is 6.61 Å². The predicted octanol–water partition coefficient (Wildman–Crippen LogP) is 2.57. The van der Waals surface area contributed by atoms with Crippen molar-refractivity contribution in [3.63, 3.8) is 0 Å². The van der Waals surface area contributed by atoms with Crippen LogP contribution in [0.5, 0.6) is 0 Å². The first-order valence-electron chi connectivity index (χ1n) is 7.27. The van der Waals surface area contributed by atoms with Crippen LogP contribution in [-0.4, -0.2) is 34.9 Å². The fourth-order valence-electron chi connectivity index (χ4n) is 1.89. The minimum atomic E-state index is -0.843. The average molecular weight is 313 g/mol. The van der Waals surface area contributed by atoms with Gasteiger partial charge in [0.05, 0.1) is 30.1 Å². The Morgan fingerprint density at radius 3 is 2.39 bits per heavy atom. The Morgan fingerprint density at radius 1 is 1.09 bits per heavy atom. The molecule has 0 unspecified atom stereocenters. The Labute approximate surface area is 134 Å². The summed E-state index contributed by atoms with van der Waals surface area (Å²) in [5.74, 6) is -0.387. The van der Waals surface area contributed by atoms with Gasteiger partial charge in [0, 0.05) is 5.56 Å². The maximum atomic E-state index is 12.1. The second kappa shape index (κ2) is 8.17. The molecule has 0 saturated heterocycles. The monoisotopic (exact) mass is 313 g/mol. The summed E-state index contributed by atoms with van der Waals surface area (Å²) >= 11 is 0. The summed E-state index contributed by atoms with van der Waals surface area (Å²) in [6.07, 6.45) is -0.843. The van der Waals surface area contributed by atoms with Gasteiger partial charge >= 0.3 is 0 Å². The largest absolute Gasteiger partial charge is 0.394 e. The number of nitrogens with one attached hydrogen (secondary N) is 1. The van der Waals surface area contributed by atoms with Crippen molar-refractivity contribution in [3.8, 4) is 0 Å². The highest BCUT2D eigenvalue weighted by Crippen LogP contribution is 2.19. The first kappa shape index (κ1) is 16.8. The highest BCUT2D eigenvalue weighted by molar-refractivity contribution is 5.95. The van der Waals surface area contributed by atoms with Crippen LogP contribution >= 0.6 is 0 Å². The second-order valence-electron chi connectivity index (χ2n) is 5.09. The van der Waals surface area contributed by atoms with Gasteiger partial charge in [-0.3, -0.25) is 4.79 Å². The molecule has 6 heteroatoms. The second-order valence-corrected chi connectivity index (χ2v) is 5.09. The molecule has 6 nitrogen and oxygen atoms in total. The van der Waals surface area contributed by atoms with E-state index >= 15 is 0 Å². The predicted molar refractivity (Wildman–Crippen MR) is 87.1 cm³/mol.